The predicted molar refractivity (Wildman–Crippen MR) is 83.1 cm³/mol. The molecule has 2 atom stereocenters. The second-order valence-electron chi connectivity index (χ2n) is 5.22. The van der Waals surface area contributed by atoms with Gasteiger partial charge < -0.3 is 9.84 Å². The highest BCUT2D eigenvalue weighted by molar-refractivity contribution is 9.10. The summed E-state index contributed by atoms with van der Waals surface area (Å²) in [6.07, 6.45) is 1.92. The van der Waals surface area contributed by atoms with Gasteiger partial charge in [0.25, 0.3) is 0 Å². The van der Waals surface area contributed by atoms with E-state index in [0.29, 0.717) is 0 Å². The summed E-state index contributed by atoms with van der Waals surface area (Å²) in [5.74, 6) is 1.11. The first-order valence-electron chi connectivity index (χ1n) is 6.87. The number of fused-ring (bicyclic) bond motifs is 1. The largest absolute Gasteiger partial charge is 0.490 e. The van der Waals surface area contributed by atoms with Crippen LogP contribution in [0.3, 0.4) is 0 Å². The van der Waals surface area contributed by atoms with Crippen LogP contribution >= 0.6 is 15.9 Å². The Labute approximate surface area is 127 Å². The Morgan fingerprint density at radius 1 is 1.20 bits per heavy atom. The lowest BCUT2D eigenvalue weighted by Gasteiger charge is -2.19. The molecule has 0 fully saturated rings. The zero-order valence-corrected chi connectivity index (χ0v) is 12.7. The van der Waals surface area contributed by atoms with Crippen molar-refractivity contribution in [1.29, 1.82) is 0 Å². The minimum Gasteiger partial charge on any atom is -0.490 e. The van der Waals surface area contributed by atoms with Crippen LogP contribution in [0.15, 0.2) is 53.0 Å². The molecule has 1 heterocycles. The van der Waals surface area contributed by atoms with Crippen molar-refractivity contribution in [2.24, 2.45) is 0 Å². The minimum atomic E-state index is 0.117. The van der Waals surface area contributed by atoms with E-state index in [0.717, 1.165) is 28.6 Å². The van der Waals surface area contributed by atoms with E-state index in [9.17, 15) is 5.11 Å². The summed E-state index contributed by atoms with van der Waals surface area (Å²) in [5.41, 5.74) is 2.42. The van der Waals surface area contributed by atoms with Gasteiger partial charge in [0.05, 0.1) is 6.61 Å². The number of halogens is 1. The van der Waals surface area contributed by atoms with E-state index in [2.05, 4.69) is 34.1 Å². The molecule has 2 nitrogen and oxygen atoms in total. The van der Waals surface area contributed by atoms with Gasteiger partial charge in [-0.3, -0.25) is 0 Å². The number of hydrogen-bond donors (Lipinski definition) is 1. The highest BCUT2D eigenvalue weighted by Gasteiger charge is 2.26. The third-order valence-electron chi connectivity index (χ3n) is 3.80. The SMILES string of the molecule is OCC(CC1Cc2ccccc2O1)c1cccc(Br)c1. The molecule has 20 heavy (non-hydrogen) atoms. The second kappa shape index (κ2) is 5.98. The number of ether oxygens (including phenoxy) is 1. The quantitative estimate of drug-likeness (QED) is 0.919. The van der Waals surface area contributed by atoms with Gasteiger partial charge >= 0.3 is 0 Å². The molecule has 0 saturated heterocycles. The van der Waals surface area contributed by atoms with Crippen LogP contribution in [0.1, 0.15) is 23.5 Å². The van der Waals surface area contributed by atoms with E-state index >= 15 is 0 Å². The molecule has 1 N–H and O–H groups in total. The van der Waals surface area contributed by atoms with Gasteiger partial charge in [0.15, 0.2) is 0 Å². The molecule has 0 spiro atoms. The summed E-state index contributed by atoms with van der Waals surface area (Å²) in [6, 6.07) is 16.3. The maximum Gasteiger partial charge on any atom is 0.123 e. The number of para-hydroxylation sites is 1. The third kappa shape index (κ3) is 2.89. The maximum absolute atomic E-state index is 9.68. The van der Waals surface area contributed by atoms with Crippen molar-refractivity contribution in [3.63, 3.8) is 0 Å². The van der Waals surface area contributed by atoms with Gasteiger partial charge in [-0.25, -0.2) is 0 Å². The highest BCUT2D eigenvalue weighted by Crippen LogP contribution is 2.33. The number of hydrogen-bond acceptors (Lipinski definition) is 2. The lowest BCUT2D eigenvalue weighted by molar-refractivity contribution is 0.179. The van der Waals surface area contributed by atoms with Crippen molar-refractivity contribution < 1.29 is 9.84 Å². The Balaban J connectivity index is 1.71. The van der Waals surface area contributed by atoms with E-state index in [1.165, 1.54) is 5.56 Å². The van der Waals surface area contributed by atoms with Crippen LogP contribution in [0, 0.1) is 0 Å². The fraction of sp³-hybridized carbons (Fsp3) is 0.294. The molecule has 0 radical (unpaired) electrons. The summed E-state index contributed by atoms with van der Waals surface area (Å²) in [5, 5.41) is 9.68. The van der Waals surface area contributed by atoms with Crippen LogP contribution in [-0.4, -0.2) is 17.8 Å². The van der Waals surface area contributed by atoms with Crippen LogP contribution in [0.25, 0.3) is 0 Å². The van der Waals surface area contributed by atoms with Gasteiger partial charge in [-0.15, -0.1) is 0 Å². The summed E-state index contributed by atoms with van der Waals surface area (Å²) >= 11 is 3.48. The van der Waals surface area contributed by atoms with Gasteiger partial charge in [0.2, 0.25) is 0 Å². The average molecular weight is 333 g/mol. The van der Waals surface area contributed by atoms with Gasteiger partial charge in [0, 0.05) is 16.8 Å². The Kier molecular flexibility index (Phi) is 4.08. The van der Waals surface area contributed by atoms with Gasteiger partial charge in [0.1, 0.15) is 11.9 Å². The molecule has 1 aliphatic heterocycles. The molecule has 0 aromatic heterocycles. The predicted octanol–water partition coefficient (Wildman–Crippen LogP) is 3.92. The second-order valence-corrected chi connectivity index (χ2v) is 6.14. The van der Waals surface area contributed by atoms with Crippen LogP contribution in [0.5, 0.6) is 5.75 Å². The molecule has 3 rings (SSSR count). The monoisotopic (exact) mass is 332 g/mol. The molecule has 0 amide bonds. The topological polar surface area (TPSA) is 29.5 Å². The normalized spacial score (nSPS) is 18.4. The molecule has 1 aliphatic rings. The molecule has 3 heteroatoms. The van der Waals surface area contributed by atoms with E-state index in [1.807, 2.05) is 30.3 Å². The zero-order chi connectivity index (χ0) is 13.9. The van der Waals surface area contributed by atoms with Gasteiger partial charge in [-0.2, -0.15) is 0 Å². The summed E-state index contributed by atoms with van der Waals surface area (Å²) in [4.78, 5) is 0. The molecule has 2 aromatic rings. The van der Waals surface area contributed by atoms with E-state index < -0.39 is 0 Å². The Hall–Kier alpha value is -1.32. The minimum absolute atomic E-state index is 0.117. The van der Waals surface area contributed by atoms with E-state index in [-0.39, 0.29) is 18.6 Å². The summed E-state index contributed by atoms with van der Waals surface area (Å²) in [7, 11) is 0. The molecule has 0 aliphatic carbocycles. The van der Waals surface area contributed by atoms with Crippen LogP contribution in [0.2, 0.25) is 0 Å². The summed E-state index contributed by atoms with van der Waals surface area (Å²) < 4.78 is 7.01. The number of benzene rings is 2. The van der Waals surface area contributed by atoms with Crippen LogP contribution in [0.4, 0.5) is 0 Å². The molecule has 0 saturated carbocycles. The molecule has 2 aromatic carbocycles. The lowest BCUT2D eigenvalue weighted by atomic mass is 9.92. The number of aliphatic hydroxyl groups is 1. The number of aliphatic hydroxyl groups excluding tert-OH is 1. The maximum atomic E-state index is 9.68. The van der Waals surface area contributed by atoms with Crippen molar-refractivity contribution in [2.45, 2.75) is 24.9 Å². The Morgan fingerprint density at radius 2 is 2.05 bits per heavy atom. The van der Waals surface area contributed by atoms with Crippen LogP contribution < -0.4 is 4.74 Å². The standard InChI is InChI=1S/C17H17BrO2/c18-15-6-3-5-12(8-15)14(11-19)10-16-9-13-4-1-2-7-17(13)20-16/h1-8,14,16,19H,9-11H2. The first-order valence-corrected chi connectivity index (χ1v) is 7.66. The first kappa shape index (κ1) is 13.7. The smallest absolute Gasteiger partial charge is 0.123 e. The molecule has 0 bridgehead atoms. The third-order valence-corrected chi connectivity index (χ3v) is 4.29. The highest BCUT2D eigenvalue weighted by atomic mass is 79.9. The van der Waals surface area contributed by atoms with Crippen molar-refractivity contribution in [1.82, 2.24) is 0 Å². The van der Waals surface area contributed by atoms with Crippen molar-refractivity contribution >= 4 is 15.9 Å². The fourth-order valence-electron chi connectivity index (χ4n) is 2.78. The van der Waals surface area contributed by atoms with E-state index in [1.54, 1.807) is 0 Å². The Morgan fingerprint density at radius 3 is 2.80 bits per heavy atom. The van der Waals surface area contributed by atoms with Gasteiger partial charge in [-0.05, 0) is 35.7 Å². The average Bonchev–Trinajstić information content (AvgIpc) is 2.87. The number of rotatable bonds is 4. The fourth-order valence-corrected chi connectivity index (χ4v) is 3.20. The van der Waals surface area contributed by atoms with Crippen molar-refractivity contribution in [2.75, 3.05) is 6.61 Å². The van der Waals surface area contributed by atoms with Crippen molar-refractivity contribution in [3.05, 3.63) is 64.1 Å². The zero-order valence-electron chi connectivity index (χ0n) is 11.1. The summed E-state index contributed by atoms with van der Waals surface area (Å²) in [6.45, 7) is 0.145. The van der Waals surface area contributed by atoms with Crippen molar-refractivity contribution in [3.8, 4) is 5.75 Å². The lowest BCUT2D eigenvalue weighted by Crippen LogP contribution is -2.19. The molecular formula is C17H17BrO2. The Bertz CT molecular complexity index is 572. The first-order chi connectivity index (χ1) is 9.76. The van der Waals surface area contributed by atoms with E-state index in [4.69, 9.17) is 4.74 Å². The van der Waals surface area contributed by atoms with Gasteiger partial charge in [-0.1, -0.05) is 46.3 Å². The molecule has 2 unspecified atom stereocenters. The van der Waals surface area contributed by atoms with Crippen LogP contribution in [-0.2, 0) is 6.42 Å². The molecule has 104 valence electrons. The molecular weight excluding hydrogens is 316 g/mol.